The number of rotatable bonds is 2. The second-order valence-electron chi connectivity index (χ2n) is 3.33. The lowest BCUT2D eigenvalue weighted by atomic mass is 10.2. The minimum atomic E-state index is -0.542. The molecule has 0 heterocycles. The second-order valence-corrected chi connectivity index (χ2v) is 3.81. The number of hydrogen-bond acceptors (Lipinski definition) is 4. The first kappa shape index (κ1) is 11.6. The molecule has 0 aromatic carbocycles. The van der Waals surface area contributed by atoms with Crippen LogP contribution < -0.4 is 0 Å². The first-order chi connectivity index (χ1) is 5.37. The quantitative estimate of drug-likeness (QED) is 0.645. The van der Waals surface area contributed by atoms with Crippen molar-refractivity contribution in [2.75, 3.05) is 13.2 Å². The summed E-state index contributed by atoms with van der Waals surface area (Å²) in [4.78, 5) is 11.1. The van der Waals surface area contributed by atoms with Crippen LogP contribution in [-0.4, -0.2) is 34.3 Å². The van der Waals surface area contributed by atoms with Gasteiger partial charge in [0.1, 0.15) is 5.60 Å². The molecule has 4 nitrogen and oxygen atoms in total. The summed E-state index contributed by atoms with van der Waals surface area (Å²) >= 11 is 3.82. The lowest BCUT2D eigenvalue weighted by Gasteiger charge is -2.23. The molecule has 5 heteroatoms. The minimum absolute atomic E-state index is 0.122. The first-order valence-corrected chi connectivity index (χ1v) is 4.07. The average molecular weight is 193 g/mol. The summed E-state index contributed by atoms with van der Waals surface area (Å²) in [7, 11) is 0. The van der Waals surface area contributed by atoms with E-state index in [-0.39, 0.29) is 13.2 Å². The van der Waals surface area contributed by atoms with Crippen molar-refractivity contribution in [3.63, 3.8) is 0 Å². The summed E-state index contributed by atoms with van der Waals surface area (Å²) < 4.78 is 5.98. The Hall–Kier alpha value is -0.420. The van der Waals surface area contributed by atoms with Gasteiger partial charge in [-0.2, -0.15) is 0 Å². The average Bonchev–Trinajstić information content (AvgIpc) is 1.84. The second kappa shape index (κ2) is 4.57. The Balaban J connectivity index is 3.87. The topological polar surface area (TPSA) is 49.8 Å². The molecular weight excluding hydrogens is 178 g/mol. The van der Waals surface area contributed by atoms with Crippen LogP contribution in [0, 0.1) is 0 Å². The van der Waals surface area contributed by atoms with Gasteiger partial charge in [0.15, 0.2) is 0 Å². The third-order valence-electron chi connectivity index (χ3n) is 0.916. The van der Waals surface area contributed by atoms with Crippen LogP contribution in [0.1, 0.15) is 20.8 Å². The molecule has 0 aliphatic heterocycles. The monoisotopic (exact) mass is 193 g/mol. The van der Waals surface area contributed by atoms with Crippen LogP contribution in [0.2, 0.25) is 0 Å². The molecule has 0 aliphatic carbocycles. The van der Waals surface area contributed by atoms with Gasteiger partial charge < -0.3 is 9.84 Å². The van der Waals surface area contributed by atoms with Crippen LogP contribution >= 0.6 is 12.8 Å². The Morgan fingerprint density at radius 3 is 2.42 bits per heavy atom. The van der Waals surface area contributed by atoms with E-state index in [4.69, 9.17) is 9.84 Å². The van der Waals surface area contributed by atoms with E-state index in [0.29, 0.717) is 0 Å². The summed E-state index contributed by atoms with van der Waals surface area (Å²) in [5.74, 6) is 0. The zero-order chi connectivity index (χ0) is 9.78. The van der Waals surface area contributed by atoms with Crippen molar-refractivity contribution in [3.8, 4) is 0 Å². The van der Waals surface area contributed by atoms with Crippen LogP contribution in [0.4, 0.5) is 4.79 Å². The number of aliphatic hydroxyl groups excluding tert-OH is 1. The molecule has 0 aromatic heterocycles. The van der Waals surface area contributed by atoms with E-state index in [2.05, 4.69) is 12.8 Å². The van der Waals surface area contributed by atoms with E-state index < -0.39 is 11.7 Å². The zero-order valence-corrected chi connectivity index (χ0v) is 8.47. The highest BCUT2D eigenvalue weighted by Gasteiger charge is 2.19. The summed E-state index contributed by atoms with van der Waals surface area (Å²) in [6.07, 6.45) is -0.542. The zero-order valence-electron chi connectivity index (χ0n) is 7.57. The number of nitrogens with zero attached hydrogens (tertiary/aromatic N) is 1. The molecule has 0 aliphatic rings. The lowest BCUT2D eigenvalue weighted by Crippen LogP contribution is -2.32. The lowest BCUT2D eigenvalue weighted by molar-refractivity contribution is 0.0389. The van der Waals surface area contributed by atoms with Gasteiger partial charge in [0.2, 0.25) is 0 Å². The Morgan fingerprint density at radius 1 is 1.58 bits per heavy atom. The molecule has 0 fully saturated rings. The Morgan fingerprint density at radius 2 is 2.08 bits per heavy atom. The molecule has 0 saturated heterocycles. The summed E-state index contributed by atoms with van der Waals surface area (Å²) in [6, 6.07) is 0. The molecule has 0 radical (unpaired) electrons. The predicted octanol–water partition coefficient (Wildman–Crippen LogP) is 1.06. The molecule has 0 aromatic rings. The Bertz CT molecular complexity index is 155. The van der Waals surface area contributed by atoms with Crippen molar-refractivity contribution in [2.24, 2.45) is 0 Å². The van der Waals surface area contributed by atoms with Crippen molar-refractivity contribution >= 4 is 18.9 Å². The molecule has 12 heavy (non-hydrogen) atoms. The molecular formula is C7H15NO3S. The van der Waals surface area contributed by atoms with Crippen molar-refractivity contribution in [2.45, 2.75) is 26.4 Å². The number of hydrogen-bond donors (Lipinski definition) is 2. The highest BCUT2D eigenvalue weighted by Crippen LogP contribution is 2.10. The normalized spacial score (nSPS) is 11.1. The fraction of sp³-hybridized carbons (Fsp3) is 0.857. The van der Waals surface area contributed by atoms with E-state index in [1.165, 1.54) is 0 Å². The first-order valence-electron chi connectivity index (χ1n) is 3.67. The number of amides is 1. The van der Waals surface area contributed by atoms with E-state index in [0.717, 1.165) is 4.31 Å². The van der Waals surface area contributed by atoms with Crippen LogP contribution in [0.5, 0.6) is 0 Å². The molecule has 0 saturated carbocycles. The van der Waals surface area contributed by atoms with Crippen LogP contribution in [0.15, 0.2) is 0 Å². The van der Waals surface area contributed by atoms with Gasteiger partial charge >= 0.3 is 6.09 Å². The number of aliphatic hydroxyl groups is 1. The fourth-order valence-corrected chi connectivity index (χ4v) is 0.631. The van der Waals surface area contributed by atoms with Gasteiger partial charge in [-0.3, -0.25) is 4.31 Å². The van der Waals surface area contributed by atoms with Crippen molar-refractivity contribution in [1.29, 1.82) is 0 Å². The molecule has 0 unspecified atom stereocenters. The van der Waals surface area contributed by atoms with Crippen molar-refractivity contribution < 1.29 is 14.6 Å². The Kier molecular flexibility index (Phi) is 4.41. The van der Waals surface area contributed by atoms with E-state index in [9.17, 15) is 4.79 Å². The fourth-order valence-electron chi connectivity index (χ4n) is 0.501. The van der Waals surface area contributed by atoms with E-state index in [1.54, 1.807) is 20.8 Å². The molecule has 1 amide bonds. The molecule has 0 spiro atoms. The van der Waals surface area contributed by atoms with Gasteiger partial charge in [-0.25, -0.2) is 4.79 Å². The summed E-state index contributed by atoms with van der Waals surface area (Å²) in [6.45, 7) is 5.35. The smallest absolute Gasteiger partial charge is 0.420 e. The summed E-state index contributed by atoms with van der Waals surface area (Å²) in [5, 5.41) is 8.49. The maximum atomic E-state index is 11.1. The third-order valence-corrected chi connectivity index (χ3v) is 1.28. The number of ether oxygens (including phenoxy) is 1. The largest absolute Gasteiger partial charge is 0.443 e. The Labute approximate surface area is 78.0 Å². The number of carbonyl (C=O) groups excluding carboxylic acids is 1. The molecule has 0 bridgehead atoms. The number of thiol groups is 1. The highest BCUT2D eigenvalue weighted by atomic mass is 32.1. The van der Waals surface area contributed by atoms with Gasteiger partial charge in [-0.1, -0.05) is 12.8 Å². The SMILES string of the molecule is CC(C)(C)OC(=O)N(S)CCO. The molecule has 0 rings (SSSR count). The standard InChI is InChI=1S/C7H15NO3S/c1-7(2,3)11-6(10)8(12)4-5-9/h9,12H,4-5H2,1-3H3. The molecule has 0 atom stereocenters. The van der Waals surface area contributed by atoms with Gasteiger partial charge in [0.25, 0.3) is 0 Å². The molecule has 72 valence electrons. The van der Waals surface area contributed by atoms with Gasteiger partial charge in [-0.05, 0) is 20.8 Å². The van der Waals surface area contributed by atoms with Crippen LogP contribution in [0.25, 0.3) is 0 Å². The summed E-state index contributed by atoms with van der Waals surface area (Å²) in [5.41, 5.74) is -0.520. The highest BCUT2D eigenvalue weighted by molar-refractivity contribution is 7.78. The van der Waals surface area contributed by atoms with Crippen LogP contribution in [-0.2, 0) is 4.74 Å². The molecule has 1 N–H and O–H groups in total. The van der Waals surface area contributed by atoms with Gasteiger partial charge in [0, 0.05) is 0 Å². The van der Waals surface area contributed by atoms with Crippen molar-refractivity contribution in [1.82, 2.24) is 4.31 Å². The van der Waals surface area contributed by atoms with Gasteiger partial charge in [0.05, 0.1) is 13.2 Å². The van der Waals surface area contributed by atoms with E-state index >= 15 is 0 Å². The van der Waals surface area contributed by atoms with Crippen LogP contribution in [0.3, 0.4) is 0 Å². The van der Waals surface area contributed by atoms with Gasteiger partial charge in [-0.15, -0.1) is 0 Å². The third kappa shape index (κ3) is 5.26. The minimum Gasteiger partial charge on any atom is -0.443 e. The van der Waals surface area contributed by atoms with E-state index in [1.807, 2.05) is 0 Å². The van der Waals surface area contributed by atoms with Crippen molar-refractivity contribution in [3.05, 3.63) is 0 Å². The predicted molar refractivity (Wildman–Crippen MR) is 49.0 cm³/mol. The maximum Gasteiger partial charge on any atom is 0.420 e. The number of carbonyl (C=O) groups is 1. The maximum absolute atomic E-state index is 11.1.